The summed E-state index contributed by atoms with van der Waals surface area (Å²) in [5.41, 5.74) is 3.30. The van der Waals surface area contributed by atoms with Gasteiger partial charge in [-0.3, -0.25) is 4.79 Å². The number of carbonyl (C=O) groups excluding carboxylic acids is 1. The predicted octanol–water partition coefficient (Wildman–Crippen LogP) is 2.92. The van der Waals surface area contributed by atoms with Crippen molar-refractivity contribution in [3.8, 4) is 0 Å². The van der Waals surface area contributed by atoms with E-state index in [2.05, 4.69) is 16.1 Å². The molecule has 128 valence electrons. The second-order valence-corrected chi connectivity index (χ2v) is 8.86. The summed E-state index contributed by atoms with van der Waals surface area (Å²) < 4.78 is 26.7. The lowest BCUT2D eigenvalue weighted by molar-refractivity contribution is -0.115. The number of rotatable bonds is 5. The average Bonchev–Trinajstić information content (AvgIpc) is 3.27. The van der Waals surface area contributed by atoms with E-state index in [4.69, 9.17) is 0 Å². The van der Waals surface area contributed by atoms with Crippen LogP contribution in [0.2, 0.25) is 0 Å². The van der Waals surface area contributed by atoms with Crippen LogP contribution in [0.15, 0.2) is 52.1 Å². The van der Waals surface area contributed by atoms with Crippen molar-refractivity contribution in [1.82, 2.24) is 4.72 Å². The zero-order valence-corrected chi connectivity index (χ0v) is 14.9. The Balaban J connectivity index is 1.52. The van der Waals surface area contributed by atoms with Crippen LogP contribution in [0.3, 0.4) is 0 Å². The van der Waals surface area contributed by atoms with E-state index in [1.807, 2.05) is 24.3 Å². The number of aryl methyl sites for hydroxylation is 2. The molecule has 0 radical (unpaired) electrons. The van der Waals surface area contributed by atoms with Crippen molar-refractivity contribution >= 4 is 43.7 Å². The molecule has 1 aliphatic rings. The predicted molar refractivity (Wildman–Crippen MR) is 99.5 cm³/mol. The van der Waals surface area contributed by atoms with Crippen LogP contribution < -0.4 is 10.0 Å². The molecule has 1 aromatic heterocycles. The lowest BCUT2D eigenvalue weighted by Gasteiger charge is -2.11. The zero-order valence-electron chi connectivity index (χ0n) is 13.3. The van der Waals surface area contributed by atoms with E-state index in [9.17, 15) is 13.2 Å². The molecule has 0 unspecified atom stereocenters. The molecule has 4 rings (SSSR count). The first-order chi connectivity index (χ1) is 12.0. The van der Waals surface area contributed by atoms with Crippen LogP contribution in [-0.2, 0) is 27.7 Å². The summed E-state index contributed by atoms with van der Waals surface area (Å²) in [6.45, 7) is -0.302. The van der Waals surface area contributed by atoms with E-state index in [1.165, 1.54) is 22.6 Å². The van der Waals surface area contributed by atoms with Gasteiger partial charge in [-0.1, -0.05) is 30.3 Å². The Morgan fingerprint density at radius 2 is 1.84 bits per heavy atom. The van der Waals surface area contributed by atoms with Gasteiger partial charge in [0.25, 0.3) is 10.0 Å². The first-order valence-corrected chi connectivity index (χ1v) is 10.3. The molecule has 0 fully saturated rings. The number of benzene rings is 2. The van der Waals surface area contributed by atoms with Crippen LogP contribution in [0, 0.1) is 0 Å². The molecule has 25 heavy (non-hydrogen) atoms. The molecule has 0 aliphatic heterocycles. The lowest BCUT2D eigenvalue weighted by Crippen LogP contribution is -2.32. The molecular formula is C18H16N2O3S2. The minimum atomic E-state index is -3.64. The molecule has 2 aromatic carbocycles. The Bertz CT molecular complexity index is 1050. The van der Waals surface area contributed by atoms with E-state index >= 15 is 0 Å². The van der Waals surface area contributed by atoms with Gasteiger partial charge < -0.3 is 5.32 Å². The zero-order chi connectivity index (χ0) is 17.4. The molecule has 0 spiro atoms. The van der Waals surface area contributed by atoms with Gasteiger partial charge in [0.2, 0.25) is 5.91 Å². The Morgan fingerprint density at radius 3 is 2.60 bits per heavy atom. The SMILES string of the molecule is O=C(CNS(=O)(=O)c1cccs1)Nc1ccc2c3c(cccc13)CC2. The second kappa shape index (κ2) is 6.25. The van der Waals surface area contributed by atoms with E-state index in [0.29, 0.717) is 5.69 Å². The molecule has 1 heterocycles. The summed E-state index contributed by atoms with van der Waals surface area (Å²) >= 11 is 1.12. The normalized spacial score (nSPS) is 13.3. The molecule has 7 heteroatoms. The van der Waals surface area contributed by atoms with Crippen molar-refractivity contribution in [3.63, 3.8) is 0 Å². The van der Waals surface area contributed by atoms with Crippen LogP contribution >= 0.6 is 11.3 Å². The van der Waals surface area contributed by atoms with Crippen molar-refractivity contribution < 1.29 is 13.2 Å². The van der Waals surface area contributed by atoms with Gasteiger partial charge in [-0.05, 0) is 46.9 Å². The Kier molecular flexibility index (Phi) is 4.07. The summed E-state index contributed by atoms with van der Waals surface area (Å²) in [7, 11) is -3.64. The van der Waals surface area contributed by atoms with Gasteiger partial charge in [0.1, 0.15) is 4.21 Å². The van der Waals surface area contributed by atoms with E-state index in [1.54, 1.807) is 11.4 Å². The highest BCUT2D eigenvalue weighted by Crippen LogP contribution is 2.34. The van der Waals surface area contributed by atoms with E-state index in [-0.39, 0.29) is 16.7 Å². The van der Waals surface area contributed by atoms with Gasteiger partial charge >= 0.3 is 0 Å². The maximum atomic E-state index is 12.2. The Hall–Kier alpha value is -2.22. The molecule has 2 N–H and O–H groups in total. The average molecular weight is 372 g/mol. The first-order valence-electron chi connectivity index (χ1n) is 7.91. The third kappa shape index (κ3) is 3.06. The fourth-order valence-corrected chi connectivity index (χ4v) is 5.22. The quantitative estimate of drug-likeness (QED) is 0.723. The maximum Gasteiger partial charge on any atom is 0.250 e. The Labute approximate surface area is 149 Å². The number of nitrogens with one attached hydrogen (secondary N) is 2. The van der Waals surface area contributed by atoms with Gasteiger partial charge in [0.15, 0.2) is 0 Å². The van der Waals surface area contributed by atoms with Gasteiger partial charge in [-0.2, -0.15) is 0 Å². The van der Waals surface area contributed by atoms with Crippen molar-refractivity contribution in [2.75, 3.05) is 11.9 Å². The molecule has 0 atom stereocenters. The number of carbonyl (C=O) groups is 1. The molecule has 0 saturated carbocycles. The molecule has 1 aliphatic carbocycles. The van der Waals surface area contributed by atoms with Gasteiger partial charge in [-0.25, -0.2) is 13.1 Å². The summed E-state index contributed by atoms with van der Waals surface area (Å²) in [5.74, 6) is -0.390. The Morgan fingerprint density at radius 1 is 1.04 bits per heavy atom. The number of amides is 1. The third-order valence-corrected chi connectivity index (χ3v) is 7.13. The number of thiophene rings is 1. The maximum absolute atomic E-state index is 12.2. The second-order valence-electron chi connectivity index (χ2n) is 5.92. The molecule has 3 aromatic rings. The monoisotopic (exact) mass is 372 g/mol. The van der Waals surface area contributed by atoms with Crippen molar-refractivity contribution in [2.24, 2.45) is 0 Å². The number of hydrogen-bond donors (Lipinski definition) is 2. The van der Waals surface area contributed by atoms with E-state index < -0.39 is 10.0 Å². The lowest BCUT2D eigenvalue weighted by atomic mass is 10.0. The van der Waals surface area contributed by atoms with Gasteiger partial charge in [0.05, 0.1) is 6.54 Å². The van der Waals surface area contributed by atoms with Crippen LogP contribution in [-0.4, -0.2) is 20.9 Å². The molecule has 0 bridgehead atoms. The highest BCUT2D eigenvalue weighted by atomic mass is 32.2. The van der Waals surface area contributed by atoms with Crippen molar-refractivity contribution in [2.45, 2.75) is 17.1 Å². The summed E-state index contributed by atoms with van der Waals surface area (Å²) in [6, 6.07) is 13.2. The molecule has 1 amide bonds. The summed E-state index contributed by atoms with van der Waals surface area (Å²) in [4.78, 5) is 12.2. The van der Waals surface area contributed by atoms with E-state index in [0.717, 1.165) is 29.6 Å². The highest BCUT2D eigenvalue weighted by Gasteiger charge is 2.19. The molecule has 0 saturated heterocycles. The topological polar surface area (TPSA) is 75.3 Å². The molecule has 5 nitrogen and oxygen atoms in total. The number of anilines is 1. The highest BCUT2D eigenvalue weighted by molar-refractivity contribution is 7.91. The fourth-order valence-electron chi connectivity index (χ4n) is 3.20. The van der Waals surface area contributed by atoms with Gasteiger partial charge in [0, 0.05) is 11.1 Å². The largest absolute Gasteiger partial charge is 0.324 e. The van der Waals surface area contributed by atoms with Crippen LogP contribution in [0.1, 0.15) is 11.1 Å². The molecular weight excluding hydrogens is 356 g/mol. The number of hydrogen-bond acceptors (Lipinski definition) is 4. The minimum absolute atomic E-state index is 0.200. The fraction of sp³-hybridized carbons (Fsp3) is 0.167. The summed E-state index contributed by atoms with van der Waals surface area (Å²) in [6.07, 6.45) is 2.04. The minimum Gasteiger partial charge on any atom is -0.324 e. The summed E-state index contributed by atoms with van der Waals surface area (Å²) in [5, 5.41) is 6.71. The van der Waals surface area contributed by atoms with Crippen LogP contribution in [0.25, 0.3) is 10.8 Å². The third-order valence-electron chi connectivity index (χ3n) is 4.33. The smallest absolute Gasteiger partial charge is 0.250 e. The van der Waals surface area contributed by atoms with Crippen LogP contribution in [0.5, 0.6) is 0 Å². The first kappa shape index (κ1) is 16.3. The van der Waals surface area contributed by atoms with Crippen LogP contribution in [0.4, 0.5) is 5.69 Å². The standard InChI is InChI=1S/C18H16N2O3S2/c21-16(11-19-25(22,23)17-5-2-10-24-17)20-15-9-8-13-7-6-12-3-1-4-14(15)18(12)13/h1-5,8-10,19H,6-7,11H2,(H,20,21). The van der Waals surface area contributed by atoms with Gasteiger partial charge in [-0.15, -0.1) is 11.3 Å². The van der Waals surface area contributed by atoms with Crippen molar-refractivity contribution in [3.05, 3.63) is 59.0 Å². The van der Waals surface area contributed by atoms with Crippen molar-refractivity contribution in [1.29, 1.82) is 0 Å². The number of sulfonamides is 1.